The lowest BCUT2D eigenvalue weighted by Crippen LogP contribution is -2.22. The van der Waals surface area contributed by atoms with Gasteiger partial charge in [0.1, 0.15) is 5.56 Å². The fourth-order valence-corrected chi connectivity index (χ4v) is 0.875. The van der Waals surface area contributed by atoms with Crippen LogP contribution in [0.25, 0.3) is 0 Å². The van der Waals surface area contributed by atoms with Crippen molar-refractivity contribution in [3.05, 3.63) is 34.0 Å². The topological polar surface area (TPSA) is 48.3 Å². The first-order chi connectivity index (χ1) is 6.07. The van der Waals surface area contributed by atoms with Crippen molar-refractivity contribution in [2.45, 2.75) is 0 Å². The normalized spacial score (nSPS) is 9.77. The molecule has 0 saturated carbocycles. The zero-order valence-corrected chi connectivity index (χ0v) is 7.20. The largest absolute Gasteiger partial charge is 0.465 e. The van der Waals surface area contributed by atoms with Crippen molar-refractivity contribution >= 4 is 5.97 Å². The van der Waals surface area contributed by atoms with Crippen LogP contribution >= 0.6 is 0 Å². The van der Waals surface area contributed by atoms with Gasteiger partial charge in [-0.1, -0.05) is 0 Å². The molecule has 0 amide bonds. The van der Waals surface area contributed by atoms with E-state index in [2.05, 4.69) is 4.74 Å². The van der Waals surface area contributed by atoms with Crippen LogP contribution in [0.15, 0.2) is 16.9 Å². The average molecular weight is 185 g/mol. The van der Waals surface area contributed by atoms with Gasteiger partial charge < -0.3 is 4.74 Å². The minimum Gasteiger partial charge on any atom is -0.465 e. The van der Waals surface area contributed by atoms with Gasteiger partial charge in [-0.3, -0.25) is 9.36 Å². The van der Waals surface area contributed by atoms with E-state index in [0.29, 0.717) is 0 Å². The molecule has 0 aliphatic rings. The molecule has 0 bridgehead atoms. The highest BCUT2D eigenvalue weighted by molar-refractivity contribution is 5.89. The number of esters is 1. The summed E-state index contributed by atoms with van der Waals surface area (Å²) in [5, 5.41) is 0. The van der Waals surface area contributed by atoms with E-state index in [4.69, 9.17) is 0 Å². The smallest absolute Gasteiger partial charge is 0.342 e. The number of aromatic nitrogens is 1. The van der Waals surface area contributed by atoms with Crippen LogP contribution in [0.1, 0.15) is 10.4 Å². The maximum absolute atomic E-state index is 13.2. The van der Waals surface area contributed by atoms with Crippen molar-refractivity contribution in [1.29, 1.82) is 0 Å². The number of carbonyl (C=O) groups is 1. The second-order valence-electron chi connectivity index (χ2n) is 2.43. The Bertz CT molecular complexity index is 397. The molecule has 1 rings (SSSR count). The van der Waals surface area contributed by atoms with E-state index in [0.717, 1.165) is 23.8 Å². The predicted octanol–water partition coefficient (Wildman–Crippen LogP) is 0.311. The number of hydrogen-bond donors (Lipinski definition) is 0. The molecule has 0 aromatic carbocycles. The first kappa shape index (κ1) is 9.44. The third-order valence-electron chi connectivity index (χ3n) is 1.65. The standard InChI is InChI=1S/C8H8FNO3/c1-10-6(11)4-3-5(7(10)9)8(12)13-2/h3-4H,1-2H3. The number of rotatable bonds is 1. The summed E-state index contributed by atoms with van der Waals surface area (Å²) in [5.74, 6) is -1.69. The van der Waals surface area contributed by atoms with Gasteiger partial charge in [-0.2, -0.15) is 4.39 Å². The lowest BCUT2D eigenvalue weighted by Gasteiger charge is -2.03. The number of methoxy groups -OCH3 is 1. The van der Waals surface area contributed by atoms with E-state index in [1.165, 1.54) is 7.05 Å². The molecular weight excluding hydrogens is 177 g/mol. The van der Waals surface area contributed by atoms with Crippen molar-refractivity contribution in [2.24, 2.45) is 7.05 Å². The molecule has 0 unspecified atom stereocenters. The summed E-state index contributed by atoms with van der Waals surface area (Å²) in [4.78, 5) is 21.8. The molecule has 0 radical (unpaired) electrons. The molecule has 0 fully saturated rings. The molecule has 0 N–H and O–H groups in total. The highest BCUT2D eigenvalue weighted by Gasteiger charge is 2.14. The van der Waals surface area contributed by atoms with E-state index in [9.17, 15) is 14.0 Å². The molecule has 0 atom stereocenters. The monoisotopic (exact) mass is 185 g/mol. The number of pyridine rings is 1. The van der Waals surface area contributed by atoms with Crippen LogP contribution in [0.4, 0.5) is 4.39 Å². The summed E-state index contributed by atoms with van der Waals surface area (Å²) in [5.41, 5.74) is -0.755. The quantitative estimate of drug-likeness (QED) is 0.467. The van der Waals surface area contributed by atoms with Gasteiger partial charge in [0, 0.05) is 13.1 Å². The maximum Gasteiger partial charge on any atom is 0.342 e. The highest BCUT2D eigenvalue weighted by Crippen LogP contribution is 2.04. The SMILES string of the molecule is COC(=O)c1ccc(=O)n(C)c1F. The van der Waals surface area contributed by atoms with Gasteiger partial charge >= 0.3 is 5.97 Å². The van der Waals surface area contributed by atoms with Crippen LogP contribution < -0.4 is 5.56 Å². The molecule has 1 aromatic heterocycles. The molecule has 5 heteroatoms. The highest BCUT2D eigenvalue weighted by atomic mass is 19.1. The zero-order chi connectivity index (χ0) is 10.0. The average Bonchev–Trinajstić information content (AvgIpc) is 2.13. The van der Waals surface area contributed by atoms with Crippen LogP contribution in [0.3, 0.4) is 0 Å². The molecule has 0 saturated heterocycles. The van der Waals surface area contributed by atoms with Gasteiger partial charge in [-0.25, -0.2) is 4.79 Å². The Balaban J connectivity index is 3.34. The summed E-state index contributed by atoms with van der Waals surface area (Å²) in [6.07, 6.45) is 0. The number of carbonyl (C=O) groups excluding carboxylic acids is 1. The number of nitrogens with zero attached hydrogens (tertiary/aromatic N) is 1. The molecule has 13 heavy (non-hydrogen) atoms. The van der Waals surface area contributed by atoms with Crippen molar-refractivity contribution in [3.8, 4) is 0 Å². The van der Waals surface area contributed by atoms with Crippen LogP contribution in [0.2, 0.25) is 0 Å². The van der Waals surface area contributed by atoms with Crippen LogP contribution in [-0.4, -0.2) is 17.6 Å². The summed E-state index contributed by atoms with van der Waals surface area (Å²) >= 11 is 0. The van der Waals surface area contributed by atoms with E-state index in [1.807, 2.05) is 0 Å². The molecular formula is C8H8FNO3. The lowest BCUT2D eigenvalue weighted by atomic mass is 10.3. The fourth-order valence-electron chi connectivity index (χ4n) is 0.875. The van der Waals surface area contributed by atoms with Gasteiger partial charge in [-0.15, -0.1) is 0 Å². The first-order valence-corrected chi connectivity index (χ1v) is 3.51. The van der Waals surface area contributed by atoms with Crippen LogP contribution in [0.5, 0.6) is 0 Å². The lowest BCUT2D eigenvalue weighted by molar-refractivity contribution is 0.0593. The third kappa shape index (κ3) is 1.58. The number of ether oxygens (including phenoxy) is 1. The van der Waals surface area contributed by atoms with E-state index in [-0.39, 0.29) is 5.56 Å². The predicted molar refractivity (Wildman–Crippen MR) is 43.0 cm³/mol. The molecule has 0 spiro atoms. The first-order valence-electron chi connectivity index (χ1n) is 3.51. The zero-order valence-electron chi connectivity index (χ0n) is 7.20. The summed E-state index contributed by atoms with van der Waals surface area (Å²) in [6.45, 7) is 0. The molecule has 0 aliphatic carbocycles. The van der Waals surface area contributed by atoms with Gasteiger partial charge in [0.25, 0.3) is 5.56 Å². The van der Waals surface area contributed by atoms with Gasteiger partial charge in [0.05, 0.1) is 7.11 Å². The van der Waals surface area contributed by atoms with Gasteiger partial charge in [0.2, 0.25) is 5.95 Å². The van der Waals surface area contributed by atoms with E-state index in [1.54, 1.807) is 0 Å². The Morgan fingerprint density at radius 2 is 2.15 bits per heavy atom. The minimum absolute atomic E-state index is 0.246. The van der Waals surface area contributed by atoms with Gasteiger partial charge in [-0.05, 0) is 6.07 Å². The molecule has 0 aliphatic heterocycles. The minimum atomic E-state index is -0.889. The van der Waals surface area contributed by atoms with Crippen LogP contribution in [-0.2, 0) is 11.8 Å². The van der Waals surface area contributed by atoms with Crippen molar-refractivity contribution in [3.63, 3.8) is 0 Å². The molecule has 1 heterocycles. The number of hydrogen-bond acceptors (Lipinski definition) is 3. The Hall–Kier alpha value is -1.65. The van der Waals surface area contributed by atoms with Gasteiger partial charge in [0.15, 0.2) is 0 Å². The second-order valence-corrected chi connectivity index (χ2v) is 2.43. The van der Waals surface area contributed by atoms with E-state index >= 15 is 0 Å². The molecule has 1 aromatic rings. The Labute approximate surface area is 73.6 Å². The maximum atomic E-state index is 13.2. The van der Waals surface area contributed by atoms with Crippen molar-refractivity contribution in [2.75, 3.05) is 7.11 Å². The van der Waals surface area contributed by atoms with E-state index < -0.39 is 17.5 Å². The molecule has 4 nitrogen and oxygen atoms in total. The second kappa shape index (κ2) is 3.38. The van der Waals surface area contributed by atoms with Crippen molar-refractivity contribution < 1.29 is 13.9 Å². The van der Waals surface area contributed by atoms with Crippen LogP contribution in [0, 0.1) is 5.95 Å². The summed E-state index contributed by atoms with van der Waals surface area (Å²) in [7, 11) is 2.39. The summed E-state index contributed by atoms with van der Waals surface area (Å²) in [6, 6.07) is 2.21. The fraction of sp³-hybridized carbons (Fsp3) is 0.250. The van der Waals surface area contributed by atoms with Crippen molar-refractivity contribution in [1.82, 2.24) is 4.57 Å². The molecule has 70 valence electrons. The Morgan fingerprint density at radius 1 is 1.54 bits per heavy atom. The number of halogens is 1. The Morgan fingerprint density at radius 3 is 2.69 bits per heavy atom. The third-order valence-corrected chi connectivity index (χ3v) is 1.65. The summed E-state index contributed by atoms with van der Waals surface area (Å²) < 4.78 is 18.2. The Kier molecular flexibility index (Phi) is 2.46.